The molecule has 1 atom stereocenters. The molecule has 3 rings (SSSR count). The molecule has 0 radical (unpaired) electrons. The molecule has 0 saturated carbocycles. The quantitative estimate of drug-likeness (QED) is 0.841. The molecule has 27 heavy (non-hydrogen) atoms. The lowest BCUT2D eigenvalue weighted by Gasteiger charge is -2.25. The molecule has 0 bridgehead atoms. The van der Waals surface area contributed by atoms with Gasteiger partial charge in [0.1, 0.15) is 18.8 Å². The SMILES string of the molecule is CC(C)(C)OC(=O)NN1CCCC(NCc2ccc3c(c2)OCCO3)CC1. The molecule has 0 aromatic heterocycles. The van der Waals surface area contributed by atoms with Crippen LogP contribution in [0.2, 0.25) is 0 Å². The Morgan fingerprint density at radius 3 is 2.74 bits per heavy atom. The second-order valence-corrected chi connectivity index (χ2v) is 8.09. The maximum Gasteiger partial charge on any atom is 0.422 e. The predicted octanol–water partition coefficient (Wildman–Crippen LogP) is 2.84. The molecular formula is C20H31N3O4. The van der Waals surface area contributed by atoms with Crippen molar-refractivity contribution in [3.05, 3.63) is 23.8 Å². The Bertz CT molecular complexity index is 645. The van der Waals surface area contributed by atoms with Crippen LogP contribution in [-0.4, -0.2) is 49.0 Å². The summed E-state index contributed by atoms with van der Waals surface area (Å²) >= 11 is 0. The first-order valence-corrected chi connectivity index (χ1v) is 9.75. The highest BCUT2D eigenvalue weighted by Gasteiger charge is 2.21. The molecule has 7 nitrogen and oxygen atoms in total. The van der Waals surface area contributed by atoms with E-state index in [-0.39, 0.29) is 6.09 Å². The summed E-state index contributed by atoms with van der Waals surface area (Å²) in [6.07, 6.45) is 2.69. The minimum absolute atomic E-state index is 0.384. The molecular weight excluding hydrogens is 346 g/mol. The number of nitrogens with one attached hydrogen (secondary N) is 2. The van der Waals surface area contributed by atoms with Crippen molar-refractivity contribution >= 4 is 6.09 Å². The Balaban J connectivity index is 1.44. The second-order valence-electron chi connectivity index (χ2n) is 8.09. The Kier molecular flexibility index (Phi) is 6.44. The van der Waals surface area contributed by atoms with Crippen molar-refractivity contribution < 1.29 is 19.0 Å². The molecule has 2 aliphatic rings. The molecule has 1 unspecified atom stereocenters. The highest BCUT2D eigenvalue weighted by Crippen LogP contribution is 2.30. The van der Waals surface area contributed by atoms with Gasteiger partial charge in [-0.3, -0.25) is 5.43 Å². The van der Waals surface area contributed by atoms with Gasteiger partial charge < -0.3 is 19.5 Å². The predicted molar refractivity (Wildman–Crippen MR) is 103 cm³/mol. The fourth-order valence-electron chi connectivity index (χ4n) is 3.30. The lowest BCUT2D eigenvalue weighted by molar-refractivity contribution is 0.0334. The highest BCUT2D eigenvalue weighted by molar-refractivity contribution is 5.67. The molecule has 7 heteroatoms. The van der Waals surface area contributed by atoms with Gasteiger partial charge >= 0.3 is 6.09 Å². The summed E-state index contributed by atoms with van der Waals surface area (Å²) in [5.41, 5.74) is 3.56. The molecule has 0 spiro atoms. The van der Waals surface area contributed by atoms with Gasteiger partial charge in [0, 0.05) is 25.7 Å². The smallest absolute Gasteiger partial charge is 0.422 e. The standard InChI is InChI=1S/C20H31N3O4/c1-20(2,3)27-19(24)22-23-9-4-5-16(8-10-23)21-14-15-6-7-17-18(13-15)26-12-11-25-17/h6-7,13,16,21H,4-5,8-12,14H2,1-3H3,(H,22,24). The Morgan fingerprint density at radius 1 is 1.19 bits per heavy atom. The van der Waals surface area contributed by atoms with Crippen LogP contribution >= 0.6 is 0 Å². The van der Waals surface area contributed by atoms with Gasteiger partial charge in [0.05, 0.1) is 0 Å². The van der Waals surface area contributed by atoms with Crippen molar-refractivity contribution in [2.24, 2.45) is 0 Å². The summed E-state index contributed by atoms with van der Waals surface area (Å²) in [7, 11) is 0. The Morgan fingerprint density at radius 2 is 1.96 bits per heavy atom. The van der Waals surface area contributed by atoms with E-state index in [0.717, 1.165) is 50.4 Å². The van der Waals surface area contributed by atoms with Gasteiger partial charge in [-0.15, -0.1) is 0 Å². The third kappa shape index (κ3) is 6.29. The normalized spacial score (nSPS) is 20.6. The first-order valence-electron chi connectivity index (χ1n) is 9.75. The lowest BCUT2D eigenvalue weighted by atomic mass is 10.1. The number of carbonyl (C=O) groups is 1. The van der Waals surface area contributed by atoms with Crippen LogP contribution in [0.4, 0.5) is 4.79 Å². The fourth-order valence-corrected chi connectivity index (χ4v) is 3.30. The van der Waals surface area contributed by atoms with E-state index in [9.17, 15) is 4.79 Å². The van der Waals surface area contributed by atoms with Crippen molar-refractivity contribution in [2.45, 2.75) is 58.2 Å². The monoisotopic (exact) mass is 377 g/mol. The van der Waals surface area contributed by atoms with Gasteiger partial charge in [0.2, 0.25) is 0 Å². The maximum absolute atomic E-state index is 11.9. The van der Waals surface area contributed by atoms with Crippen LogP contribution in [0.1, 0.15) is 45.6 Å². The Labute approximate surface area is 161 Å². The number of ether oxygens (including phenoxy) is 3. The number of nitrogens with zero attached hydrogens (tertiary/aromatic N) is 1. The van der Waals surface area contributed by atoms with Gasteiger partial charge in [0.25, 0.3) is 0 Å². The van der Waals surface area contributed by atoms with E-state index in [2.05, 4.69) is 22.9 Å². The van der Waals surface area contributed by atoms with E-state index in [1.54, 1.807) is 0 Å². The molecule has 2 N–H and O–H groups in total. The van der Waals surface area contributed by atoms with E-state index >= 15 is 0 Å². The first kappa shape index (κ1) is 19.8. The molecule has 2 aliphatic heterocycles. The van der Waals surface area contributed by atoms with E-state index in [1.807, 2.05) is 31.8 Å². The van der Waals surface area contributed by atoms with E-state index in [4.69, 9.17) is 14.2 Å². The summed E-state index contributed by atoms with van der Waals surface area (Å²) in [4.78, 5) is 11.9. The number of hydrogen-bond donors (Lipinski definition) is 2. The van der Waals surface area contributed by atoms with Crippen molar-refractivity contribution in [2.75, 3.05) is 26.3 Å². The summed E-state index contributed by atoms with van der Waals surface area (Å²) in [6, 6.07) is 6.52. The zero-order valence-electron chi connectivity index (χ0n) is 16.5. The minimum atomic E-state index is -0.482. The number of hydrazine groups is 1. The minimum Gasteiger partial charge on any atom is -0.486 e. The van der Waals surface area contributed by atoms with Crippen molar-refractivity contribution in [3.8, 4) is 11.5 Å². The van der Waals surface area contributed by atoms with Crippen LogP contribution < -0.4 is 20.2 Å². The van der Waals surface area contributed by atoms with Crippen molar-refractivity contribution in [3.63, 3.8) is 0 Å². The average Bonchev–Trinajstić information content (AvgIpc) is 2.83. The van der Waals surface area contributed by atoms with Gasteiger partial charge in [-0.1, -0.05) is 6.07 Å². The van der Waals surface area contributed by atoms with E-state index in [1.165, 1.54) is 5.56 Å². The lowest BCUT2D eigenvalue weighted by Crippen LogP contribution is -2.45. The zero-order valence-corrected chi connectivity index (χ0v) is 16.5. The van der Waals surface area contributed by atoms with Gasteiger partial charge in [-0.2, -0.15) is 0 Å². The molecule has 150 valence electrons. The van der Waals surface area contributed by atoms with Crippen LogP contribution in [0.5, 0.6) is 11.5 Å². The number of carbonyl (C=O) groups excluding carboxylic acids is 1. The number of fused-ring (bicyclic) bond motifs is 1. The molecule has 1 fully saturated rings. The topological polar surface area (TPSA) is 72.1 Å². The van der Waals surface area contributed by atoms with Crippen LogP contribution in [-0.2, 0) is 11.3 Å². The molecule has 1 aromatic carbocycles. The molecule has 1 saturated heterocycles. The zero-order chi connectivity index (χ0) is 19.3. The summed E-state index contributed by atoms with van der Waals surface area (Å²) in [5, 5.41) is 5.59. The van der Waals surface area contributed by atoms with Crippen LogP contribution in [0.3, 0.4) is 0 Å². The van der Waals surface area contributed by atoms with E-state index in [0.29, 0.717) is 19.3 Å². The van der Waals surface area contributed by atoms with Crippen LogP contribution in [0.15, 0.2) is 18.2 Å². The van der Waals surface area contributed by atoms with Crippen molar-refractivity contribution in [1.29, 1.82) is 0 Å². The Hall–Kier alpha value is -1.99. The van der Waals surface area contributed by atoms with Crippen molar-refractivity contribution in [1.82, 2.24) is 15.8 Å². The summed E-state index contributed by atoms with van der Waals surface area (Å²) < 4.78 is 16.5. The van der Waals surface area contributed by atoms with Crippen LogP contribution in [0.25, 0.3) is 0 Å². The maximum atomic E-state index is 11.9. The fraction of sp³-hybridized carbons (Fsp3) is 0.650. The van der Waals surface area contributed by atoms with E-state index < -0.39 is 5.60 Å². The molecule has 2 heterocycles. The van der Waals surface area contributed by atoms with Gasteiger partial charge in [-0.25, -0.2) is 9.80 Å². The molecule has 0 aliphatic carbocycles. The van der Waals surface area contributed by atoms with Crippen LogP contribution in [0, 0.1) is 0 Å². The highest BCUT2D eigenvalue weighted by atomic mass is 16.6. The largest absolute Gasteiger partial charge is 0.486 e. The third-order valence-electron chi connectivity index (χ3n) is 4.58. The summed E-state index contributed by atoms with van der Waals surface area (Å²) in [6.45, 7) is 9.25. The average molecular weight is 377 g/mol. The number of benzene rings is 1. The molecule has 1 amide bonds. The number of hydrogen-bond acceptors (Lipinski definition) is 6. The first-order chi connectivity index (χ1) is 12.9. The second kappa shape index (κ2) is 8.80. The number of amides is 1. The molecule has 1 aromatic rings. The van der Waals surface area contributed by atoms with Gasteiger partial charge in [-0.05, 0) is 57.7 Å². The summed E-state index contributed by atoms with van der Waals surface area (Å²) in [5.74, 6) is 1.65. The number of rotatable bonds is 4. The third-order valence-corrected chi connectivity index (χ3v) is 4.58. The van der Waals surface area contributed by atoms with Gasteiger partial charge in [0.15, 0.2) is 11.5 Å².